The largest absolute Gasteiger partial charge is 0.573 e. The van der Waals surface area contributed by atoms with Crippen molar-refractivity contribution in [1.29, 1.82) is 0 Å². The van der Waals surface area contributed by atoms with Crippen molar-refractivity contribution in [3.8, 4) is 5.75 Å². The topological polar surface area (TPSA) is 61.9 Å². The van der Waals surface area contributed by atoms with Crippen LogP contribution in [0.4, 0.5) is 28.0 Å². The van der Waals surface area contributed by atoms with Crippen LogP contribution in [0.25, 0.3) is 5.57 Å². The molecule has 172 valence electrons. The van der Waals surface area contributed by atoms with Crippen molar-refractivity contribution < 1.29 is 31.9 Å². The standard InChI is InChI=1S/C23H19F4N3O3/c24-16-3-6-19-15(9-16)11-29(22(32)28-19)12-21(31)30-10-13-7-18(20(30)8-13)14-1-4-17(5-2-14)33-23(25,26)27/h1-7,9,13,20H,8,10-12H2,(H,28,32)/t13-,20-/m1/s1. The Hall–Kier alpha value is -3.56. The van der Waals surface area contributed by atoms with Gasteiger partial charge in [0.2, 0.25) is 5.91 Å². The molecule has 1 N–H and O–H groups in total. The van der Waals surface area contributed by atoms with Crippen molar-refractivity contribution in [2.24, 2.45) is 5.92 Å². The maximum absolute atomic E-state index is 13.6. The number of halogens is 4. The highest BCUT2D eigenvalue weighted by molar-refractivity contribution is 5.95. The zero-order valence-electron chi connectivity index (χ0n) is 17.2. The van der Waals surface area contributed by atoms with Gasteiger partial charge in [0.05, 0.1) is 12.6 Å². The van der Waals surface area contributed by atoms with E-state index in [2.05, 4.69) is 10.1 Å². The van der Waals surface area contributed by atoms with Gasteiger partial charge in [-0.15, -0.1) is 13.2 Å². The number of amides is 3. The Morgan fingerprint density at radius 1 is 1.15 bits per heavy atom. The van der Waals surface area contributed by atoms with E-state index in [1.165, 1.54) is 35.2 Å². The van der Waals surface area contributed by atoms with Crippen LogP contribution < -0.4 is 10.1 Å². The number of carbonyl (C=O) groups is 2. The van der Waals surface area contributed by atoms with Gasteiger partial charge in [0.25, 0.3) is 0 Å². The smallest absolute Gasteiger partial charge is 0.406 e. The zero-order valence-corrected chi connectivity index (χ0v) is 17.2. The molecule has 0 aromatic heterocycles. The van der Waals surface area contributed by atoms with Crippen molar-refractivity contribution in [2.45, 2.75) is 25.4 Å². The van der Waals surface area contributed by atoms with Gasteiger partial charge in [-0.25, -0.2) is 9.18 Å². The van der Waals surface area contributed by atoms with Gasteiger partial charge in [0.15, 0.2) is 0 Å². The number of alkyl halides is 3. The fraction of sp³-hybridized carbons (Fsp3) is 0.304. The first-order valence-corrected chi connectivity index (χ1v) is 10.4. The van der Waals surface area contributed by atoms with E-state index >= 15 is 0 Å². The highest BCUT2D eigenvalue weighted by Crippen LogP contribution is 2.42. The van der Waals surface area contributed by atoms with Crippen molar-refractivity contribution in [2.75, 3.05) is 18.4 Å². The minimum Gasteiger partial charge on any atom is -0.406 e. The third-order valence-electron chi connectivity index (χ3n) is 6.13. The second-order valence-corrected chi connectivity index (χ2v) is 8.34. The lowest BCUT2D eigenvalue weighted by Gasteiger charge is -2.33. The summed E-state index contributed by atoms with van der Waals surface area (Å²) >= 11 is 0. The molecule has 1 fully saturated rings. The minimum atomic E-state index is -4.76. The van der Waals surface area contributed by atoms with Gasteiger partial charge in [-0.1, -0.05) is 18.2 Å². The Morgan fingerprint density at radius 3 is 2.61 bits per heavy atom. The van der Waals surface area contributed by atoms with Crippen molar-refractivity contribution >= 4 is 23.2 Å². The summed E-state index contributed by atoms with van der Waals surface area (Å²) in [6.45, 7) is 0.482. The Labute approximate surface area is 186 Å². The van der Waals surface area contributed by atoms with E-state index in [0.29, 0.717) is 17.8 Å². The minimum absolute atomic E-state index is 0.121. The first kappa shape index (κ1) is 21.3. The highest BCUT2D eigenvalue weighted by Gasteiger charge is 2.42. The number of ether oxygens (including phenoxy) is 1. The fourth-order valence-electron chi connectivity index (χ4n) is 4.73. The van der Waals surface area contributed by atoms with Crippen LogP contribution in [0.5, 0.6) is 5.75 Å². The normalized spacial score (nSPS) is 21.6. The lowest BCUT2D eigenvalue weighted by Crippen LogP contribution is -2.48. The summed E-state index contributed by atoms with van der Waals surface area (Å²) < 4.78 is 54.7. The molecular weight excluding hydrogens is 442 g/mol. The predicted octanol–water partition coefficient (Wildman–Crippen LogP) is 4.39. The van der Waals surface area contributed by atoms with Crippen molar-refractivity contribution in [3.05, 3.63) is 65.5 Å². The summed E-state index contributed by atoms with van der Waals surface area (Å²) in [7, 11) is 0. The van der Waals surface area contributed by atoms with E-state index in [1.807, 2.05) is 6.08 Å². The van der Waals surface area contributed by atoms with Crippen LogP contribution in [-0.2, 0) is 11.3 Å². The average Bonchev–Trinajstić information content (AvgIpc) is 3.35. The number of nitrogens with zero attached hydrogens (tertiary/aromatic N) is 2. The maximum Gasteiger partial charge on any atom is 0.573 e. The lowest BCUT2D eigenvalue weighted by molar-refractivity contribution is -0.274. The SMILES string of the molecule is O=C1Nc2ccc(F)cc2CN1CC(=O)N1C[C@@H]2C=C(c3ccc(OC(F)(F)F)cc3)[C@H]1C2. The van der Waals surface area contributed by atoms with Crippen LogP contribution in [0.3, 0.4) is 0 Å². The number of nitrogens with one attached hydrogen (secondary N) is 1. The second kappa shape index (κ2) is 7.79. The van der Waals surface area contributed by atoms with Gasteiger partial charge in [-0.2, -0.15) is 0 Å². The molecule has 0 spiro atoms. The molecule has 6 nitrogen and oxygen atoms in total. The quantitative estimate of drug-likeness (QED) is 0.688. The van der Waals surface area contributed by atoms with E-state index in [0.717, 1.165) is 17.6 Å². The Bertz CT molecular complexity index is 1150. The molecule has 0 unspecified atom stereocenters. The van der Waals surface area contributed by atoms with Crippen LogP contribution >= 0.6 is 0 Å². The van der Waals surface area contributed by atoms with Crippen molar-refractivity contribution in [1.82, 2.24) is 9.80 Å². The summed E-state index contributed by atoms with van der Waals surface area (Å²) in [5.41, 5.74) is 2.70. The van der Waals surface area contributed by atoms with Gasteiger partial charge >= 0.3 is 12.4 Å². The number of hydrogen-bond donors (Lipinski definition) is 1. The van der Waals surface area contributed by atoms with E-state index in [9.17, 15) is 27.2 Å². The van der Waals surface area contributed by atoms with Crippen LogP contribution in [0.2, 0.25) is 0 Å². The predicted molar refractivity (Wildman–Crippen MR) is 111 cm³/mol. The zero-order chi connectivity index (χ0) is 23.3. The molecule has 2 bridgehead atoms. The number of likely N-dealkylation sites (tertiary alicyclic amines) is 1. The van der Waals surface area contributed by atoms with Gasteiger partial charge in [-0.05, 0) is 59.4 Å². The molecular formula is C23H19F4N3O3. The summed E-state index contributed by atoms with van der Waals surface area (Å²) in [6, 6.07) is 9.01. The number of rotatable bonds is 4. The molecule has 2 atom stereocenters. The van der Waals surface area contributed by atoms with Crippen LogP contribution in [0.15, 0.2) is 48.5 Å². The molecule has 2 heterocycles. The number of hydrogen-bond acceptors (Lipinski definition) is 3. The Balaban J connectivity index is 1.27. The molecule has 0 radical (unpaired) electrons. The fourth-order valence-corrected chi connectivity index (χ4v) is 4.73. The van der Waals surface area contributed by atoms with E-state index in [1.54, 1.807) is 17.0 Å². The number of benzene rings is 2. The monoisotopic (exact) mass is 461 g/mol. The maximum atomic E-state index is 13.6. The molecule has 1 saturated heterocycles. The van der Waals surface area contributed by atoms with Gasteiger partial charge in [0.1, 0.15) is 18.1 Å². The van der Waals surface area contributed by atoms with Gasteiger partial charge in [0, 0.05) is 12.2 Å². The number of carbonyl (C=O) groups excluding carboxylic acids is 2. The molecule has 3 aliphatic rings. The first-order chi connectivity index (χ1) is 15.7. The van der Waals surface area contributed by atoms with E-state index in [-0.39, 0.29) is 36.7 Å². The van der Waals surface area contributed by atoms with Crippen LogP contribution in [0.1, 0.15) is 17.5 Å². The lowest BCUT2D eigenvalue weighted by atomic mass is 10.00. The number of urea groups is 1. The van der Waals surface area contributed by atoms with E-state index < -0.39 is 18.2 Å². The van der Waals surface area contributed by atoms with Crippen molar-refractivity contribution in [3.63, 3.8) is 0 Å². The highest BCUT2D eigenvalue weighted by atomic mass is 19.4. The number of fused-ring (bicyclic) bond motifs is 3. The molecule has 2 aliphatic heterocycles. The van der Waals surface area contributed by atoms with Crippen LogP contribution in [-0.4, -0.2) is 47.2 Å². The molecule has 1 aliphatic carbocycles. The molecule has 0 saturated carbocycles. The molecule has 10 heteroatoms. The molecule has 3 amide bonds. The third-order valence-corrected chi connectivity index (χ3v) is 6.13. The molecule has 2 aromatic carbocycles. The second-order valence-electron chi connectivity index (χ2n) is 8.34. The van der Waals surface area contributed by atoms with Gasteiger partial charge < -0.3 is 19.9 Å². The Morgan fingerprint density at radius 2 is 1.91 bits per heavy atom. The molecule has 33 heavy (non-hydrogen) atoms. The first-order valence-electron chi connectivity index (χ1n) is 10.4. The number of anilines is 1. The molecule has 2 aromatic rings. The molecule has 5 rings (SSSR count). The summed E-state index contributed by atoms with van der Waals surface area (Å²) in [4.78, 5) is 28.5. The van der Waals surface area contributed by atoms with E-state index in [4.69, 9.17) is 0 Å². The van der Waals surface area contributed by atoms with Gasteiger partial charge in [-0.3, -0.25) is 4.79 Å². The third kappa shape index (κ3) is 4.24. The summed E-state index contributed by atoms with van der Waals surface area (Å²) in [5.74, 6) is -0.824. The summed E-state index contributed by atoms with van der Waals surface area (Å²) in [5, 5.41) is 2.67. The average molecular weight is 461 g/mol. The Kier molecular flexibility index (Phi) is 5.02. The summed E-state index contributed by atoms with van der Waals surface area (Å²) in [6.07, 6.45) is -1.99. The van der Waals surface area contributed by atoms with Crippen LogP contribution in [0, 0.1) is 11.7 Å².